The van der Waals surface area contributed by atoms with E-state index in [1.165, 1.54) is 0 Å². The van der Waals surface area contributed by atoms with Crippen molar-refractivity contribution in [1.82, 2.24) is 4.90 Å². The van der Waals surface area contributed by atoms with Gasteiger partial charge in [0.25, 0.3) is 5.91 Å². The Morgan fingerprint density at radius 2 is 2.12 bits per heavy atom. The van der Waals surface area contributed by atoms with Gasteiger partial charge in [-0.25, -0.2) is 0 Å². The van der Waals surface area contributed by atoms with Crippen molar-refractivity contribution in [3.05, 3.63) is 29.8 Å². The maximum atomic E-state index is 12.2. The fourth-order valence-electron chi connectivity index (χ4n) is 2.03. The molecule has 1 atom stereocenters. The van der Waals surface area contributed by atoms with E-state index >= 15 is 0 Å². The smallest absolute Gasteiger partial charge is 0.254 e. The average Bonchev–Trinajstić information content (AvgIpc) is 2.77. The Labute approximate surface area is 103 Å². The summed E-state index contributed by atoms with van der Waals surface area (Å²) in [6.45, 7) is 0.829. The van der Waals surface area contributed by atoms with Crippen molar-refractivity contribution in [2.75, 3.05) is 11.9 Å². The lowest BCUT2D eigenvalue weighted by Crippen LogP contribution is -2.36. The molecule has 0 spiro atoms. The molecule has 1 aliphatic heterocycles. The van der Waals surface area contributed by atoms with Crippen LogP contribution in [-0.2, 0) is 0 Å². The number of amides is 1. The molecule has 1 heterocycles. The second-order valence-corrected chi connectivity index (χ2v) is 4.64. The average molecular weight is 284 g/mol. The number of hydrogen-bond donors (Lipinski definition) is 1. The van der Waals surface area contributed by atoms with Crippen molar-refractivity contribution in [1.29, 1.82) is 0 Å². The fourth-order valence-corrected chi connectivity index (χ4v) is 2.71. The zero-order valence-corrected chi connectivity index (χ0v) is 10.5. The van der Waals surface area contributed by atoms with Crippen LogP contribution in [0.3, 0.4) is 0 Å². The minimum Gasteiger partial charge on any atom is -0.508 e. The molecule has 0 bridgehead atoms. The van der Waals surface area contributed by atoms with Gasteiger partial charge in [-0.15, -0.1) is 0 Å². The van der Waals surface area contributed by atoms with E-state index in [1.54, 1.807) is 24.3 Å². The molecular formula is C12H14BrNO2. The first kappa shape index (κ1) is 11.5. The molecule has 0 saturated carbocycles. The van der Waals surface area contributed by atoms with Gasteiger partial charge >= 0.3 is 0 Å². The summed E-state index contributed by atoms with van der Waals surface area (Å²) in [5, 5.41) is 10.00. The highest BCUT2D eigenvalue weighted by Gasteiger charge is 2.28. The number of benzene rings is 1. The molecule has 16 heavy (non-hydrogen) atoms. The normalized spacial score (nSPS) is 20.1. The summed E-state index contributed by atoms with van der Waals surface area (Å²) in [5.41, 5.74) is 0.644. The SMILES string of the molecule is O=C(c1ccc(O)cc1)N1CCCC1CBr. The van der Waals surface area contributed by atoms with Crippen LogP contribution in [0.25, 0.3) is 0 Å². The number of nitrogens with zero attached hydrogens (tertiary/aromatic N) is 1. The minimum absolute atomic E-state index is 0.0574. The Morgan fingerprint density at radius 1 is 1.44 bits per heavy atom. The number of carbonyl (C=O) groups is 1. The van der Waals surface area contributed by atoms with Crippen molar-refractivity contribution in [2.24, 2.45) is 0 Å². The molecule has 0 radical (unpaired) electrons. The first-order valence-electron chi connectivity index (χ1n) is 5.38. The molecule has 1 fully saturated rings. The van der Waals surface area contributed by atoms with Gasteiger partial charge in [0.15, 0.2) is 0 Å². The molecule has 4 heteroatoms. The monoisotopic (exact) mass is 283 g/mol. The highest BCUT2D eigenvalue weighted by atomic mass is 79.9. The third-order valence-electron chi connectivity index (χ3n) is 2.93. The van der Waals surface area contributed by atoms with Gasteiger partial charge in [-0.05, 0) is 37.1 Å². The lowest BCUT2D eigenvalue weighted by Gasteiger charge is -2.23. The van der Waals surface area contributed by atoms with Gasteiger partial charge in [0.2, 0.25) is 0 Å². The van der Waals surface area contributed by atoms with Crippen molar-refractivity contribution in [2.45, 2.75) is 18.9 Å². The second-order valence-electron chi connectivity index (χ2n) is 4.00. The molecule has 2 rings (SSSR count). The Balaban J connectivity index is 2.15. The lowest BCUT2D eigenvalue weighted by atomic mass is 10.2. The highest BCUT2D eigenvalue weighted by Crippen LogP contribution is 2.22. The summed E-state index contributed by atoms with van der Waals surface area (Å²) in [6.07, 6.45) is 2.13. The van der Waals surface area contributed by atoms with Gasteiger partial charge < -0.3 is 10.0 Å². The van der Waals surface area contributed by atoms with Crippen molar-refractivity contribution >= 4 is 21.8 Å². The number of carbonyl (C=O) groups excluding carboxylic acids is 1. The number of rotatable bonds is 2. The fraction of sp³-hybridized carbons (Fsp3) is 0.417. The van der Waals surface area contributed by atoms with Gasteiger partial charge in [-0.2, -0.15) is 0 Å². The van der Waals surface area contributed by atoms with Gasteiger partial charge in [-0.1, -0.05) is 15.9 Å². The quantitative estimate of drug-likeness (QED) is 0.847. The number of alkyl halides is 1. The molecule has 1 N–H and O–H groups in total. The molecule has 1 amide bonds. The standard InChI is InChI=1S/C12H14BrNO2/c13-8-10-2-1-7-14(10)12(16)9-3-5-11(15)6-4-9/h3-6,10,15H,1-2,7-8H2. The maximum Gasteiger partial charge on any atom is 0.254 e. The Bertz CT molecular complexity index is 377. The van der Waals surface area contributed by atoms with Crippen LogP contribution in [0, 0.1) is 0 Å². The number of likely N-dealkylation sites (tertiary alicyclic amines) is 1. The minimum atomic E-state index is 0.0574. The molecule has 0 aliphatic carbocycles. The van der Waals surface area contributed by atoms with Crippen molar-refractivity contribution in [3.8, 4) is 5.75 Å². The van der Waals surface area contributed by atoms with Gasteiger partial charge in [0.05, 0.1) is 0 Å². The topological polar surface area (TPSA) is 40.5 Å². The van der Waals surface area contributed by atoms with Crippen LogP contribution in [0.15, 0.2) is 24.3 Å². The summed E-state index contributed by atoms with van der Waals surface area (Å²) in [5.74, 6) is 0.247. The van der Waals surface area contributed by atoms with Crippen molar-refractivity contribution < 1.29 is 9.90 Å². The molecule has 0 aromatic heterocycles. The summed E-state index contributed by atoms with van der Waals surface area (Å²) < 4.78 is 0. The van der Waals surface area contributed by atoms with Gasteiger partial charge in [0.1, 0.15) is 5.75 Å². The van der Waals surface area contributed by atoms with Gasteiger partial charge in [0, 0.05) is 23.5 Å². The van der Waals surface area contributed by atoms with Crippen LogP contribution in [0.1, 0.15) is 23.2 Å². The van der Waals surface area contributed by atoms with Crippen LogP contribution >= 0.6 is 15.9 Å². The zero-order valence-electron chi connectivity index (χ0n) is 8.90. The van der Waals surface area contributed by atoms with E-state index < -0.39 is 0 Å². The summed E-state index contributed by atoms with van der Waals surface area (Å²) in [7, 11) is 0. The van der Waals surface area contributed by atoms with E-state index in [4.69, 9.17) is 5.11 Å². The van der Waals surface area contributed by atoms with E-state index in [-0.39, 0.29) is 11.7 Å². The second kappa shape index (κ2) is 4.87. The number of halogens is 1. The number of phenolic OH excluding ortho intramolecular Hbond substituents is 1. The third kappa shape index (κ3) is 2.21. The maximum absolute atomic E-state index is 12.2. The van der Waals surface area contributed by atoms with E-state index in [1.807, 2.05) is 4.90 Å². The van der Waals surface area contributed by atoms with Crippen molar-refractivity contribution in [3.63, 3.8) is 0 Å². The van der Waals surface area contributed by atoms with Crippen LogP contribution in [0.2, 0.25) is 0 Å². The van der Waals surface area contributed by atoms with Crippen LogP contribution in [-0.4, -0.2) is 33.8 Å². The zero-order chi connectivity index (χ0) is 11.5. The predicted molar refractivity (Wildman–Crippen MR) is 66.0 cm³/mol. The molecule has 1 aromatic rings. The number of hydrogen-bond acceptors (Lipinski definition) is 2. The molecule has 1 saturated heterocycles. The number of phenols is 1. The largest absolute Gasteiger partial charge is 0.508 e. The van der Waals surface area contributed by atoms with E-state index in [0.29, 0.717) is 11.6 Å². The highest BCUT2D eigenvalue weighted by molar-refractivity contribution is 9.09. The van der Waals surface area contributed by atoms with Crippen LogP contribution < -0.4 is 0 Å². The third-order valence-corrected chi connectivity index (χ3v) is 3.68. The van der Waals surface area contributed by atoms with Crippen LogP contribution in [0.4, 0.5) is 0 Å². The Morgan fingerprint density at radius 3 is 2.75 bits per heavy atom. The predicted octanol–water partition coefficient (Wildman–Crippen LogP) is 2.39. The Hall–Kier alpha value is -1.03. The summed E-state index contributed by atoms with van der Waals surface area (Å²) in [4.78, 5) is 14.1. The van der Waals surface area contributed by atoms with E-state index in [9.17, 15) is 4.79 Å². The molecule has 1 aliphatic rings. The summed E-state index contributed by atoms with van der Waals surface area (Å²) in [6, 6.07) is 6.74. The molecule has 86 valence electrons. The Kier molecular flexibility index (Phi) is 3.49. The first-order valence-corrected chi connectivity index (χ1v) is 6.50. The molecule has 1 unspecified atom stereocenters. The van der Waals surface area contributed by atoms with E-state index in [2.05, 4.69) is 15.9 Å². The van der Waals surface area contributed by atoms with Gasteiger partial charge in [-0.3, -0.25) is 4.79 Å². The first-order chi connectivity index (χ1) is 7.72. The molecule has 3 nitrogen and oxygen atoms in total. The lowest BCUT2D eigenvalue weighted by molar-refractivity contribution is 0.0750. The van der Waals surface area contributed by atoms with E-state index in [0.717, 1.165) is 24.7 Å². The molecule has 1 aromatic carbocycles. The molecular weight excluding hydrogens is 270 g/mol. The number of aromatic hydroxyl groups is 1. The van der Waals surface area contributed by atoms with Crippen LogP contribution in [0.5, 0.6) is 5.75 Å². The summed E-state index contributed by atoms with van der Waals surface area (Å²) >= 11 is 3.44.